The van der Waals surface area contributed by atoms with Gasteiger partial charge in [-0.3, -0.25) is 4.79 Å². The summed E-state index contributed by atoms with van der Waals surface area (Å²) < 4.78 is 38.1. The number of aliphatic imine (C=N–C) groups is 1. The number of nitrogens with one attached hydrogen (secondary N) is 2. The highest BCUT2D eigenvalue weighted by Gasteiger charge is 2.30. The van der Waals surface area contributed by atoms with Gasteiger partial charge in [-0.05, 0) is 38.5 Å². The number of hydrogen-bond acceptors (Lipinski definition) is 2. The zero-order chi connectivity index (χ0) is 18.4. The molecule has 0 fully saturated rings. The number of carbonyl (C=O) groups is 1. The Morgan fingerprint density at radius 1 is 1.25 bits per heavy atom. The normalized spacial score (nSPS) is 12.8. The minimum absolute atomic E-state index is 0.0796. The van der Waals surface area contributed by atoms with E-state index >= 15 is 0 Å². The van der Waals surface area contributed by atoms with E-state index in [9.17, 15) is 18.0 Å². The average Bonchev–Trinajstić information content (AvgIpc) is 2.49. The van der Waals surface area contributed by atoms with E-state index in [1.807, 2.05) is 6.92 Å². The molecule has 0 aliphatic carbocycles. The topological polar surface area (TPSA) is 79.5 Å². The van der Waals surface area contributed by atoms with E-state index in [0.717, 1.165) is 12.1 Å². The molecule has 0 spiro atoms. The number of nitrogens with zero attached hydrogens (tertiary/aromatic N) is 1. The highest BCUT2D eigenvalue weighted by molar-refractivity contribution is 5.83. The van der Waals surface area contributed by atoms with E-state index in [4.69, 9.17) is 5.73 Å². The molecule has 0 aliphatic rings. The lowest BCUT2D eigenvalue weighted by Gasteiger charge is -2.22. The van der Waals surface area contributed by atoms with E-state index in [0.29, 0.717) is 18.1 Å². The van der Waals surface area contributed by atoms with Gasteiger partial charge >= 0.3 is 6.18 Å². The van der Waals surface area contributed by atoms with Crippen molar-refractivity contribution in [2.45, 2.75) is 33.5 Å². The molecule has 5 nitrogen and oxygen atoms in total. The van der Waals surface area contributed by atoms with Crippen LogP contribution in [0.1, 0.15) is 31.9 Å². The van der Waals surface area contributed by atoms with Crippen LogP contribution in [-0.4, -0.2) is 25.0 Å². The molecule has 0 atom stereocenters. The van der Waals surface area contributed by atoms with Crippen molar-refractivity contribution in [1.29, 1.82) is 0 Å². The van der Waals surface area contributed by atoms with Crippen LogP contribution >= 0.6 is 0 Å². The molecule has 0 aromatic heterocycles. The molecule has 0 saturated carbocycles. The molecule has 0 saturated heterocycles. The van der Waals surface area contributed by atoms with Gasteiger partial charge in [-0.2, -0.15) is 13.2 Å². The first kappa shape index (κ1) is 19.8. The molecule has 0 heterocycles. The summed E-state index contributed by atoms with van der Waals surface area (Å²) in [5.74, 6) is -0.0482. The third-order valence-corrected chi connectivity index (χ3v) is 3.38. The van der Waals surface area contributed by atoms with Gasteiger partial charge in [-0.1, -0.05) is 12.1 Å². The molecule has 1 rings (SSSR count). The molecule has 1 aromatic rings. The number of amides is 1. The first-order valence-electron chi connectivity index (χ1n) is 7.54. The summed E-state index contributed by atoms with van der Waals surface area (Å²) in [4.78, 5) is 15.6. The molecule has 0 radical (unpaired) electrons. The van der Waals surface area contributed by atoms with Gasteiger partial charge in [0.2, 0.25) is 5.91 Å². The predicted molar refractivity (Wildman–Crippen MR) is 87.2 cm³/mol. The zero-order valence-electron chi connectivity index (χ0n) is 14.0. The summed E-state index contributed by atoms with van der Waals surface area (Å²) in [5.41, 5.74) is 4.27. The van der Waals surface area contributed by atoms with Crippen molar-refractivity contribution in [2.75, 3.05) is 13.1 Å². The van der Waals surface area contributed by atoms with Gasteiger partial charge in [0.25, 0.3) is 0 Å². The Kier molecular flexibility index (Phi) is 6.62. The summed E-state index contributed by atoms with van der Waals surface area (Å²) in [7, 11) is 0. The van der Waals surface area contributed by atoms with Gasteiger partial charge in [0.15, 0.2) is 5.96 Å². The second-order valence-corrected chi connectivity index (χ2v) is 5.99. The van der Waals surface area contributed by atoms with Gasteiger partial charge < -0.3 is 16.4 Å². The van der Waals surface area contributed by atoms with Crippen LogP contribution in [0, 0.1) is 5.41 Å². The second kappa shape index (κ2) is 8.03. The van der Waals surface area contributed by atoms with Crippen molar-refractivity contribution in [1.82, 2.24) is 10.6 Å². The molecule has 4 N–H and O–H groups in total. The standard InChI is InChI=1S/C16H23F3N4O/c1-4-21-14(23-10-15(2,3)13(20)24)22-9-11-6-5-7-12(8-11)16(17,18)19/h5-8H,4,9-10H2,1-3H3,(H2,20,24)(H2,21,22,23). The number of rotatable bonds is 6. The summed E-state index contributed by atoms with van der Waals surface area (Å²) >= 11 is 0. The summed E-state index contributed by atoms with van der Waals surface area (Å²) in [6, 6.07) is 5.02. The largest absolute Gasteiger partial charge is 0.416 e. The Morgan fingerprint density at radius 3 is 2.46 bits per heavy atom. The average molecular weight is 344 g/mol. The molecule has 0 unspecified atom stereocenters. The lowest BCUT2D eigenvalue weighted by molar-refractivity contribution is -0.137. The monoisotopic (exact) mass is 344 g/mol. The van der Waals surface area contributed by atoms with E-state index in [1.54, 1.807) is 19.9 Å². The maximum absolute atomic E-state index is 12.7. The number of alkyl halides is 3. The summed E-state index contributed by atoms with van der Waals surface area (Å²) in [5, 5.41) is 5.95. The van der Waals surface area contributed by atoms with Crippen LogP contribution in [0.25, 0.3) is 0 Å². The van der Waals surface area contributed by atoms with Gasteiger partial charge in [-0.15, -0.1) is 0 Å². The first-order chi connectivity index (χ1) is 11.1. The highest BCUT2D eigenvalue weighted by atomic mass is 19.4. The molecular formula is C16H23F3N4O. The fourth-order valence-electron chi connectivity index (χ4n) is 1.75. The first-order valence-corrected chi connectivity index (χ1v) is 7.54. The number of hydrogen-bond donors (Lipinski definition) is 3. The Hall–Kier alpha value is -2.25. The van der Waals surface area contributed by atoms with Crippen LogP contribution in [0.5, 0.6) is 0 Å². The summed E-state index contributed by atoms with van der Waals surface area (Å²) in [6.07, 6.45) is -4.38. The fraction of sp³-hybridized carbons (Fsp3) is 0.500. The number of carbonyl (C=O) groups excluding carboxylic acids is 1. The van der Waals surface area contributed by atoms with Gasteiger partial charge in [0.1, 0.15) is 0 Å². The van der Waals surface area contributed by atoms with Crippen molar-refractivity contribution in [2.24, 2.45) is 16.1 Å². The van der Waals surface area contributed by atoms with Gasteiger partial charge in [0, 0.05) is 13.1 Å². The van der Waals surface area contributed by atoms with Crippen LogP contribution in [0.3, 0.4) is 0 Å². The molecule has 8 heteroatoms. The van der Waals surface area contributed by atoms with Crippen LogP contribution in [0.15, 0.2) is 29.3 Å². The molecule has 134 valence electrons. The smallest absolute Gasteiger partial charge is 0.369 e. The summed E-state index contributed by atoms with van der Waals surface area (Å²) in [6.45, 7) is 6.16. The van der Waals surface area contributed by atoms with Crippen molar-refractivity contribution in [3.8, 4) is 0 Å². The Balaban J connectivity index is 2.81. The third-order valence-electron chi connectivity index (χ3n) is 3.38. The lowest BCUT2D eigenvalue weighted by Crippen LogP contribution is -2.46. The van der Waals surface area contributed by atoms with E-state index in [-0.39, 0.29) is 13.1 Å². The zero-order valence-corrected chi connectivity index (χ0v) is 14.0. The molecule has 24 heavy (non-hydrogen) atoms. The molecule has 1 amide bonds. The van der Waals surface area contributed by atoms with E-state index in [1.165, 1.54) is 6.07 Å². The van der Waals surface area contributed by atoms with Gasteiger partial charge in [0.05, 0.1) is 17.5 Å². The van der Waals surface area contributed by atoms with Crippen molar-refractivity contribution in [3.63, 3.8) is 0 Å². The van der Waals surface area contributed by atoms with Crippen molar-refractivity contribution in [3.05, 3.63) is 35.4 Å². The maximum Gasteiger partial charge on any atom is 0.416 e. The minimum atomic E-state index is -4.38. The number of halogens is 3. The van der Waals surface area contributed by atoms with Crippen molar-refractivity contribution >= 4 is 11.9 Å². The SMILES string of the molecule is CCNC(=NCc1cccc(C(F)(F)F)c1)NCC(C)(C)C(N)=O. The molecule has 1 aromatic carbocycles. The Morgan fingerprint density at radius 2 is 1.92 bits per heavy atom. The van der Waals surface area contributed by atoms with Crippen LogP contribution in [0.4, 0.5) is 13.2 Å². The third kappa shape index (κ3) is 6.10. The quantitative estimate of drug-likeness (QED) is 0.547. The highest BCUT2D eigenvalue weighted by Crippen LogP contribution is 2.29. The number of guanidine groups is 1. The predicted octanol–water partition coefficient (Wildman–Crippen LogP) is 2.27. The minimum Gasteiger partial charge on any atom is -0.369 e. The van der Waals surface area contributed by atoms with Gasteiger partial charge in [-0.25, -0.2) is 4.99 Å². The van der Waals surface area contributed by atoms with Crippen LogP contribution < -0.4 is 16.4 Å². The second-order valence-electron chi connectivity index (χ2n) is 5.99. The van der Waals surface area contributed by atoms with E-state index < -0.39 is 23.1 Å². The Bertz CT molecular complexity index is 597. The molecular weight excluding hydrogens is 321 g/mol. The number of primary amides is 1. The molecule has 0 aliphatic heterocycles. The Labute approximate surface area is 139 Å². The maximum atomic E-state index is 12.7. The van der Waals surface area contributed by atoms with Crippen LogP contribution in [-0.2, 0) is 17.5 Å². The number of benzene rings is 1. The fourth-order valence-corrected chi connectivity index (χ4v) is 1.75. The van der Waals surface area contributed by atoms with E-state index in [2.05, 4.69) is 15.6 Å². The molecule has 0 bridgehead atoms. The van der Waals surface area contributed by atoms with Crippen LogP contribution in [0.2, 0.25) is 0 Å². The van der Waals surface area contributed by atoms with Crippen molar-refractivity contribution < 1.29 is 18.0 Å². The lowest BCUT2D eigenvalue weighted by atomic mass is 9.93. The number of nitrogens with two attached hydrogens (primary N) is 1.